The van der Waals surface area contributed by atoms with Gasteiger partial charge >= 0.3 is 0 Å². The summed E-state index contributed by atoms with van der Waals surface area (Å²) in [6, 6.07) is 8.29. The van der Waals surface area contributed by atoms with E-state index in [2.05, 4.69) is 5.32 Å². The SMILES string of the molecule is CC(C)C(NC(=O)c1ccccc1)C(=O)N1CC[C@@H](O)C1. The molecule has 1 aromatic rings. The molecule has 2 rings (SSSR count). The lowest BCUT2D eigenvalue weighted by Crippen LogP contribution is -2.50. The Morgan fingerprint density at radius 2 is 1.95 bits per heavy atom. The van der Waals surface area contributed by atoms with Gasteiger partial charge in [0.05, 0.1) is 6.10 Å². The molecule has 21 heavy (non-hydrogen) atoms. The van der Waals surface area contributed by atoms with E-state index in [-0.39, 0.29) is 17.7 Å². The average Bonchev–Trinajstić information content (AvgIpc) is 2.91. The van der Waals surface area contributed by atoms with Gasteiger partial charge in [-0.15, -0.1) is 0 Å². The van der Waals surface area contributed by atoms with Gasteiger partial charge in [0, 0.05) is 18.7 Å². The molecule has 1 heterocycles. The van der Waals surface area contributed by atoms with Gasteiger partial charge < -0.3 is 15.3 Å². The molecular weight excluding hydrogens is 268 g/mol. The molecular formula is C16H22N2O3. The summed E-state index contributed by atoms with van der Waals surface area (Å²) in [6.07, 6.45) is 0.148. The highest BCUT2D eigenvalue weighted by atomic mass is 16.3. The van der Waals surface area contributed by atoms with Crippen LogP contribution in [0.5, 0.6) is 0 Å². The van der Waals surface area contributed by atoms with E-state index in [1.165, 1.54) is 0 Å². The molecule has 1 aromatic carbocycles. The van der Waals surface area contributed by atoms with E-state index in [0.717, 1.165) is 0 Å². The van der Waals surface area contributed by atoms with Gasteiger partial charge in [-0.05, 0) is 24.5 Å². The maximum absolute atomic E-state index is 12.5. The third-order valence-electron chi connectivity index (χ3n) is 3.73. The van der Waals surface area contributed by atoms with Gasteiger partial charge in [-0.1, -0.05) is 32.0 Å². The Hall–Kier alpha value is -1.88. The number of β-amino-alcohol motifs (C(OH)–C–C–N with tert-alkyl or cyclic N) is 1. The zero-order valence-electron chi connectivity index (χ0n) is 12.5. The highest BCUT2D eigenvalue weighted by Crippen LogP contribution is 2.14. The summed E-state index contributed by atoms with van der Waals surface area (Å²) in [7, 11) is 0. The summed E-state index contributed by atoms with van der Waals surface area (Å²) in [4.78, 5) is 26.3. The highest BCUT2D eigenvalue weighted by Gasteiger charge is 2.32. The number of hydrogen-bond donors (Lipinski definition) is 2. The minimum absolute atomic E-state index is 0.0112. The number of hydrogen-bond acceptors (Lipinski definition) is 3. The summed E-state index contributed by atoms with van der Waals surface area (Å²) in [5.41, 5.74) is 0.539. The second-order valence-electron chi connectivity index (χ2n) is 5.79. The molecule has 0 bridgehead atoms. The lowest BCUT2D eigenvalue weighted by atomic mass is 10.0. The van der Waals surface area contributed by atoms with Crippen LogP contribution < -0.4 is 5.32 Å². The van der Waals surface area contributed by atoms with Gasteiger partial charge in [-0.25, -0.2) is 0 Å². The second-order valence-corrected chi connectivity index (χ2v) is 5.79. The molecule has 2 N–H and O–H groups in total. The van der Waals surface area contributed by atoms with E-state index in [1.54, 1.807) is 29.2 Å². The van der Waals surface area contributed by atoms with Crippen molar-refractivity contribution in [1.82, 2.24) is 10.2 Å². The molecule has 0 aliphatic carbocycles. The van der Waals surface area contributed by atoms with Crippen molar-refractivity contribution in [3.63, 3.8) is 0 Å². The van der Waals surface area contributed by atoms with Crippen LogP contribution in [0.3, 0.4) is 0 Å². The number of carbonyl (C=O) groups excluding carboxylic acids is 2. The first kappa shape index (κ1) is 15.5. The number of nitrogens with zero attached hydrogens (tertiary/aromatic N) is 1. The third-order valence-corrected chi connectivity index (χ3v) is 3.73. The quantitative estimate of drug-likeness (QED) is 0.870. The molecule has 0 radical (unpaired) electrons. The van der Waals surface area contributed by atoms with Crippen molar-refractivity contribution in [2.24, 2.45) is 5.92 Å². The minimum Gasteiger partial charge on any atom is -0.391 e. The Balaban J connectivity index is 2.05. The molecule has 114 valence electrons. The Morgan fingerprint density at radius 1 is 1.29 bits per heavy atom. The van der Waals surface area contributed by atoms with E-state index < -0.39 is 12.1 Å². The molecule has 1 aliphatic heterocycles. The van der Waals surface area contributed by atoms with Gasteiger partial charge in [0.2, 0.25) is 5.91 Å². The summed E-state index contributed by atoms with van der Waals surface area (Å²) in [5, 5.41) is 12.4. The fourth-order valence-corrected chi connectivity index (χ4v) is 2.47. The molecule has 2 amide bonds. The first-order valence-corrected chi connectivity index (χ1v) is 7.32. The van der Waals surface area contributed by atoms with E-state index in [1.807, 2.05) is 19.9 Å². The van der Waals surface area contributed by atoms with E-state index in [0.29, 0.717) is 25.1 Å². The van der Waals surface area contributed by atoms with Gasteiger partial charge in [-0.2, -0.15) is 0 Å². The molecule has 1 fully saturated rings. The van der Waals surface area contributed by atoms with Crippen LogP contribution in [0.1, 0.15) is 30.6 Å². The maximum Gasteiger partial charge on any atom is 0.251 e. The van der Waals surface area contributed by atoms with Gasteiger partial charge in [0.25, 0.3) is 5.91 Å². The molecule has 0 aromatic heterocycles. The fraction of sp³-hybridized carbons (Fsp3) is 0.500. The fourth-order valence-electron chi connectivity index (χ4n) is 2.47. The number of aliphatic hydroxyl groups excluding tert-OH is 1. The topological polar surface area (TPSA) is 69.6 Å². The van der Waals surface area contributed by atoms with Crippen LogP contribution in [0.15, 0.2) is 30.3 Å². The predicted molar refractivity (Wildman–Crippen MR) is 79.7 cm³/mol. The van der Waals surface area contributed by atoms with Crippen molar-refractivity contribution in [2.45, 2.75) is 32.4 Å². The largest absolute Gasteiger partial charge is 0.391 e. The van der Waals surface area contributed by atoms with Crippen molar-refractivity contribution in [3.8, 4) is 0 Å². The first-order chi connectivity index (χ1) is 9.99. The number of nitrogens with one attached hydrogen (secondary N) is 1. The van der Waals surface area contributed by atoms with Crippen LogP contribution >= 0.6 is 0 Å². The monoisotopic (exact) mass is 290 g/mol. The van der Waals surface area contributed by atoms with Crippen LogP contribution in [0.2, 0.25) is 0 Å². The number of amides is 2. The molecule has 0 saturated carbocycles. The Labute approximate surface area is 125 Å². The van der Waals surface area contributed by atoms with E-state index in [9.17, 15) is 14.7 Å². The van der Waals surface area contributed by atoms with Crippen molar-refractivity contribution < 1.29 is 14.7 Å². The highest BCUT2D eigenvalue weighted by molar-refractivity contribution is 5.97. The van der Waals surface area contributed by atoms with Gasteiger partial charge in [0.1, 0.15) is 6.04 Å². The predicted octanol–water partition coefficient (Wildman–Crippen LogP) is 1.03. The number of rotatable bonds is 4. The minimum atomic E-state index is -0.567. The van der Waals surface area contributed by atoms with Gasteiger partial charge in [0.15, 0.2) is 0 Å². The van der Waals surface area contributed by atoms with Crippen LogP contribution in [-0.2, 0) is 4.79 Å². The number of likely N-dealkylation sites (tertiary alicyclic amines) is 1. The zero-order valence-corrected chi connectivity index (χ0v) is 12.5. The molecule has 1 saturated heterocycles. The number of carbonyl (C=O) groups is 2. The summed E-state index contributed by atoms with van der Waals surface area (Å²) < 4.78 is 0. The van der Waals surface area contributed by atoms with Crippen molar-refractivity contribution >= 4 is 11.8 Å². The standard InChI is InChI=1S/C16H22N2O3/c1-11(2)14(16(21)18-9-8-13(19)10-18)17-15(20)12-6-4-3-5-7-12/h3-7,11,13-14,19H,8-10H2,1-2H3,(H,17,20)/t13-,14?/m1/s1. The van der Waals surface area contributed by atoms with Crippen molar-refractivity contribution in [3.05, 3.63) is 35.9 Å². The average molecular weight is 290 g/mol. The lowest BCUT2D eigenvalue weighted by Gasteiger charge is -2.26. The van der Waals surface area contributed by atoms with Crippen LogP contribution in [0.4, 0.5) is 0 Å². The molecule has 1 unspecified atom stereocenters. The maximum atomic E-state index is 12.5. The first-order valence-electron chi connectivity index (χ1n) is 7.32. The second kappa shape index (κ2) is 6.72. The van der Waals surface area contributed by atoms with Crippen molar-refractivity contribution in [2.75, 3.05) is 13.1 Å². The van der Waals surface area contributed by atoms with Gasteiger partial charge in [-0.3, -0.25) is 9.59 Å². The molecule has 2 atom stereocenters. The Morgan fingerprint density at radius 3 is 2.48 bits per heavy atom. The Kier molecular flexibility index (Phi) is 4.96. The third kappa shape index (κ3) is 3.82. The number of benzene rings is 1. The Bertz CT molecular complexity index is 502. The van der Waals surface area contributed by atoms with E-state index in [4.69, 9.17) is 0 Å². The molecule has 0 spiro atoms. The zero-order chi connectivity index (χ0) is 15.4. The summed E-state index contributed by atoms with van der Waals surface area (Å²) in [5.74, 6) is -0.379. The summed E-state index contributed by atoms with van der Waals surface area (Å²) >= 11 is 0. The lowest BCUT2D eigenvalue weighted by molar-refractivity contribution is -0.133. The van der Waals surface area contributed by atoms with E-state index >= 15 is 0 Å². The molecule has 5 heteroatoms. The van der Waals surface area contributed by atoms with Crippen LogP contribution in [0.25, 0.3) is 0 Å². The van der Waals surface area contributed by atoms with Crippen LogP contribution in [-0.4, -0.2) is 47.1 Å². The van der Waals surface area contributed by atoms with Crippen LogP contribution in [0, 0.1) is 5.92 Å². The molecule has 1 aliphatic rings. The normalized spacial score (nSPS) is 19.6. The smallest absolute Gasteiger partial charge is 0.251 e. The van der Waals surface area contributed by atoms with Crippen molar-refractivity contribution in [1.29, 1.82) is 0 Å². The number of aliphatic hydroxyl groups is 1. The summed E-state index contributed by atoms with van der Waals surface area (Å²) in [6.45, 7) is 4.70. The molecule has 5 nitrogen and oxygen atoms in total.